The number of benzene rings is 2. The zero-order valence-corrected chi connectivity index (χ0v) is 19.9. The normalized spacial score (nSPS) is 27.6. The van der Waals surface area contributed by atoms with Crippen molar-refractivity contribution < 1.29 is 24.1 Å². The van der Waals surface area contributed by atoms with Crippen LogP contribution in [-0.4, -0.2) is 31.3 Å². The van der Waals surface area contributed by atoms with Gasteiger partial charge in [0.2, 0.25) is 0 Å². The second-order valence-electron chi connectivity index (χ2n) is 10.2. The summed E-state index contributed by atoms with van der Waals surface area (Å²) in [6, 6.07) is 13.1. The molecule has 0 radical (unpaired) electrons. The average Bonchev–Trinajstić information content (AvgIpc) is 2.82. The molecule has 5 nitrogen and oxygen atoms in total. The van der Waals surface area contributed by atoms with E-state index in [9.17, 15) is 9.90 Å². The highest BCUT2D eigenvalue weighted by molar-refractivity contribution is 5.92. The van der Waals surface area contributed by atoms with Crippen LogP contribution in [0.4, 0.5) is 0 Å². The molecule has 0 heterocycles. The summed E-state index contributed by atoms with van der Waals surface area (Å²) in [4.78, 5) is 12.3. The number of carboxylic acid groups (broad SMARTS) is 1. The van der Waals surface area contributed by atoms with Crippen molar-refractivity contribution in [1.29, 1.82) is 0 Å². The van der Waals surface area contributed by atoms with E-state index in [0.29, 0.717) is 29.1 Å². The van der Waals surface area contributed by atoms with E-state index in [1.54, 1.807) is 19.2 Å². The SMILES string of the molecule is COC(C)OCOc1ccc(C(=O)O)c(C#Cc2ccccc2)c1C12CC3CC(CC(C3)C1)C2. The highest BCUT2D eigenvalue weighted by atomic mass is 16.7. The number of carbonyl (C=O) groups is 1. The van der Waals surface area contributed by atoms with Gasteiger partial charge in [-0.3, -0.25) is 0 Å². The lowest BCUT2D eigenvalue weighted by molar-refractivity contribution is -0.150. The van der Waals surface area contributed by atoms with Gasteiger partial charge in [-0.1, -0.05) is 30.0 Å². The molecule has 4 aliphatic carbocycles. The number of carboxylic acids is 1. The fraction of sp³-hybridized carbons (Fsp3) is 0.483. The molecule has 0 spiro atoms. The third-order valence-corrected chi connectivity index (χ3v) is 7.92. The first-order valence-electron chi connectivity index (χ1n) is 12.2. The van der Waals surface area contributed by atoms with E-state index in [2.05, 4.69) is 11.8 Å². The smallest absolute Gasteiger partial charge is 0.336 e. The van der Waals surface area contributed by atoms with Crippen LogP contribution >= 0.6 is 0 Å². The molecular weight excluding hydrogens is 428 g/mol. The topological polar surface area (TPSA) is 65.0 Å². The van der Waals surface area contributed by atoms with Gasteiger partial charge in [-0.25, -0.2) is 4.79 Å². The highest BCUT2D eigenvalue weighted by Gasteiger charge is 2.53. The van der Waals surface area contributed by atoms with Crippen molar-refractivity contribution >= 4 is 5.97 Å². The largest absolute Gasteiger partial charge is 0.478 e. The number of hydrogen-bond donors (Lipinski definition) is 1. The minimum absolute atomic E-state index is 0.0341. The Morgan fingerprint density at radius 1 is 1.03 bits per heavy atom. The van der Waals surface area contributed by atoms with E-state index in [0.717, 1.165) is 30.4 Å². The number of hydrogen-bond acceptors (Lipinski definition) is 4. The van der Waals surface area contributed by atoms with Crippen molar-refractivity contribution in [1.82, 2.24) is 0 Å². The van der Waals surface area contributed by atoms with Crippen LogP contribution in [-0.2, 0) is 14.9 Å². The van der Waals surface area contributed by atoms with Crippen molar-refractivity contribution in [3.05, 3.63) is 64.7 Å². The molecule has 4 bridgehead atoms. The third kappa shape index (κ3) is 4.45. The van der Waals surface area contributed by atoms with E-state index >= 15 is 0 Å². The molecule has 34 heavy (non-hydrogen) atoms. The van der Waals surface area contributed by atoms with Crippen LogP contribution in [0.25, 0.3) is 0 Å². The van der Waals surface area contributed by atoms with E-state index in [1.165, 1.54) is 19.3 Å². The fourth-order valence-electron chi connectivity index (χ4n) is 6.87. The summed E-state index contributed by atoms with van der Waals surface area (Å²) >= 11 is 0. The van der Waals surface area contributed by atoms with Crippen molar-refractivity contribution in [2.24, 2.45) is 17.8 Å². The predicted octanol–water partition coefficient (Wildman–Crippen LogP) is 5.60. The van der Waals surface area contributed by atoms with Crippen LogP contribution in [0.3, 0.4) is 0 Å². The van der Waals surface area contributed by atoms with Gasteiger partial charge in [-0.05, 0) is 87.5 Å². The Hall–Kier alpha value is -2.81. The summed E-state index contributed by atoms with van der Waals surface area (Å²) in [5.41, 5.74) is 2.58. The summed E-state index contributed by atoms with van der Waals surface area (Å²) in [7, 11) is 1.59. The first-order chi connectivity index (χ1) is 16.5. The van der Waals surface area contributed by atoms with Crippen LogP contribution in [0.1, 0.15) is 72.5 Å². The Labute approximate surface area is 201 Å². The maximum Gasteiger partial charge on any atom is 0.336 e. The molecule has 0 amide bonds. The van der Waals surface area contributed by atoms with Crippen LogP contribution in [0.15, 0.2) is 42.5 Å². The van der Waals surface area contributed by atoms with E-state index in [1.807, 2.05) is 37.3 Å². The van der Waals surface area contributed by atoms with Crippen LogP contribution in [0.5, 0.6) is 5.75 Å². The van der Waals surface area contributed by atoms with Crippen LogP contribution < -0.4 is 4.74 Å². The van der Waals surface area contributed by atoms with Crippen molar-refractivity contribution in [2.75, 3.05) is 13.9 Å². The standard InChI is InChI=1S/C29H32O5/c1-19(32-2)33-18-34-26-11-10-25(28(30)31)24(9-8-20-6-4-3-5-7-20)27(26)29-15-21-12-22(16-29)14-23(13-21)17-29/h3-7,10-11,19,21-23H,12-18H2,1-2H3,(H,30,31). The average molecular weight is 461 g/mol. The van der Waals surface area contributed by atoms with Gasteiger partial charge in [-0.2, -0.15) is 0 Å². The number of methoxy groups -OCH3 is 1. The minimum atomic E-state index is -0.959. The maximum atomic E-state index is 12.3. The van der Waals surface area contributed by atoms with Gasteiger partial charge < -0.3 is 19.3 Å². The molecule has 6 rings (SSSR count). The molecule has 2 aromatic carbocycles. The molecule has 2 aromatic rings. The van der Waals surface area contributed by atoms with Gasteiger partial charge >= 0.3 is 5.97 Å². The maximum absolute atomic E-state index is 12.3. The zero-order chi connectivity index (χ0) is 23.7. The molecule has 1 unspecified atom stereocenters. The van der Waals surface area contributed by atoms with Crippen LogP contribution in [0.2, 0.25) is 0 Å². The number of rotatable bonds is 7. The number of ether oxygens (including phenoxy) is 3. The molecule has 0 aromatic heterocycles. The lowest BCUT2D eigenvalue weighted by atomic mass is 9.47. The monoisotopic (exact) mass is 460 g/mol. The van der Waals surface area contributed by atoms with Gasteiger partial charge in [0.25, 0.3) is 0 Å². The van der Waals surface area contributed by atoms with Gasteiger partial charge in [-0.15, -0.1) is 0 Å². The van der Waals surface area contributed by atoms with Gasteiger partial charge in [0.05, 0.1) is 5.56 Å². The first kappa shape index (κ1) is 23.0. The Kier molecular flexibility index (Phi) is 6.38. The number of aromatic carboxylic acids is 1. The molecule has 4 saturated carbocycles. The fourth-order valence-corrected chi connectivity index (χ4v) is 6.87. The van der Waals surface area contributed by atoms with Gasteiger partial charge in [0.15, 0.2) is 13.1 Å². The molecule has 1 atom stereocenters. The molecule has 1 N–H and O–H groups in total. The van der Waals surface area contributed by atoms with Crippen molar-refractivity contribution in [3.63, 3.8) is 0 Å². The van der Waals surface area contributed by atoms with Gasteiger partial charge in [0, 0.05) is 29.2 Å². The molecule has 4 aliphatic rings. The quantitative estimate of drug-likeness (QED) is 0.431. The Balaban J connectivity index is 1.63. The van der Waals surface area contributed by atoms with Crippen LogP contribution in [0, 0.1) is 29.6 Å². The van der Waals surface area contributed by atoms with E-state index < -0.39 is 12.3 Å². The summed E-state index contributed by atoms with van der Waals surface area (Å²) in [5, 5.41) is 10.1. The molecule has 5 heteroatoms. The second-order valence-corrected chi connectivity index (χ2v) is 10.2. The van der Waals surface area contributed by atoms with Crippen molar-refractivity contribution in [3.8, 4) is 17.6 Å². The lowest BCUT2D eigenvalue weighted by Crippen LogP contribution is -2.49. The third-order valence-electron chi connectivity index (χ3n) is 7.92. The summed E-state index contributed by atoms with van der Waals surface area (Å²) in [6.07, 6.45) is 6.74. The molecular formula is C29H32O5. The lowest BCUT2D eigenvalue weighted by Gasteiger charge is -2.57. The molecule has 0 saturated heterocycles. The molecule has 178 valence electrons. The minimum Gasteiger partial charge on any atom is -0.478 e. The molecule has 0 aliphatic heterocycles. The summed E-state index contributed by atoms with van der Waals surface area (Å²) in [6.45, 7) is 1.85. The van der Waals surface area contributed by atoms with Gasteiger partial charge in [0.1, 0.15) is 5.75 Å². The van der Waals surface area contributed by atoms with Crippen molar-refractivity contribution in [2.45, 2.75) is 57.2 Å². The highest BCUT2D eigenvalue weighted by Crippen LogP contribution is 2.62. The van der Waals surface area contributed by atoms with E-state index in [-0.39, 0.29) is 17.8 Å². The summed E-state index contributed by atoms with van der Waals surface area (Å²) < 4.78 is 17.0. The first-order valence-corrected chi connectivity index (χ1v) is 12.2. The second kappa shape index (κ2) is 9.44. The Bertz CT molecular complexity index is 1080. The zero-order valence-electron chi connectivity index (χ0n) is 19.9. The predicted molar refractivity (Wildman–Crippen MR) is 129 cm³/mol. The Morgan fingerprint density at radius 2 is 1.68 bits per heavy atom. The Morgan fingerprint density at radius 3 is 2.26 bits per heavy atom. The molecule has 4 fully saturated rings. The van der Waals surface area contributed by atoms with E-state index in [4.69, 9.17) is 14.2 Å². The summed E-state index contributed by atoms with van der Waals surface area (Å²) in [5.74, 6) is 8.33.